The van der Waals surface area contributed by atoms with Gasteiger partial charge in [0.1, 0.15) is 5.38 Å². The molecule has 0 radical (unpaired) electrons. The van der Waals surface area contributed by atoms with E-state index < -0.39 is 23.4 Å². The molecule has 0 nitrogen and oxygen atoms in total. The second kappa shape index (κ2) is 3.96. The van der Waals surface area contributed by atoms with Crippen molar-refractivity contribution in [1.29, 1.82) is 0 Å². The van der Waals surface area contributed by atoms with E-state index in [2.05, 4.69) is 0 Å². The van der Waals surface area contributed by atoms with E-state index in [0.29, 0.717) is 6.07 Å². The highest BCUT2D eigenvalue weighted by Gasteiger charge is 2.20. The standard InChI is InChI=1S/C8H5ClF4/c9-7(8(12)13)4-1-2-5(10)6(11)3-4/h1-3,7-8H. The highest BCUT2D eigenvalue weighted by Crippen LogP contribution is 2.28. The van der Waals surface area contributed by atoms with Crippen LogP contribution in [0.15, 0.2) is 18.2 Å². The summed E-state index contributed by atoms with van der Waals surface area (Å²) in [4.78, 5) is 0. The molecular formula is C8H5ClF4. The molecule has 1 aromatic carbocycles. The molecule has 0 saturated carbocycles. The lowest BCUT2D eigenvalue weighted by molar-refractivity contribution is 0.143. The summed E-state index contributed by atoms with van der Waals surface area (Å²) in [6.45, 7) is 0. The first kappa shape index (κ1) is 10.3. The molecule has 0 N–H and O–H groups in total. The predicted octanol–water partition coefficient (Wildman–Crippen LogP) is 3.51. The molecule has 0 fully saturated rings. The van der Waals surface area contributed by atoms with Gasteiger partial charge in [-0.3, -0.25) is 0 Å². The van der Waals surface area contributed by atoms with Crippen LogP contribution in [-0.2, 0) is 0 Å². The summed E-state index contributed by atoms with van der Waals surface area (Å²) in [5.74, 6) is -2.26. The van der Waals surface area contributed by atoms with Gasteiger partial charge in [0.05, 0.1) is 0 Å². The lowest BCUT2D eigenvalue weighted by Crippen LogP contribution is -2.02. The Labute approximate surface area is 77.1 Å². The van der Waals surface area contributed by atoms with Crippen LogP contribution >= 0.6 is 11.6 Å². The first-order chi connectivity index (χ1) is 6.02. The minimum Gasteiger partial charge on any atom is -0.208 e. The van der Waals surface area contributed by atoms with Crippen LogP contribution in [0.1, 0.15) is 10.9 Å². The van der Waals surface area contributed by atoms with E-state index in [0.717, 1.165) is 12.1 Å². The lowest BCUT2D eigenvalue weighted by Gasteiger charge is -2.08. The molecule has 0 saturated heterocycles. The Morgan fingerprint density at radius 3 is 2.15 bits per heavy atom. The van der Waals surface area contributed by atoms with Gasteiger partial charge in [0, 0.05) is 0 Å². The Morgan fingerprint density at radius 1 is 1.08 bits per heavy atom. The van der Waals surface area contributed by atoms with Crippen molar-refractivity contribution in [1.82, 2.24) is 0 Å². The van der Waals surface area contributed by atoms with Crippen molar-refractivity contribution in [3.8, 4) is 0 Å². The lowest BCUT2D eigenvalue weighted by atomic mass is 10.1. The quantitative estimate of drug-likeness (QED) is 0.520. The van der Waals surface area contributed by atoms with Crippen molar-refractivity contribution >= 4 is 11.6 Å². The highest BCUT2D eigenvalue weighted by molar-refractivity contribution is 6.21. The van der Waals surface area contributed by atoms with Gasteiger partial charge < -0.3 is 0 Å². The van der Waals surface area contributed by atoms with Crippen LogP contribution in [0.4, 0.5) is 17.6 Å². The third-order valence-electron chi connectivity index (χ3n) is 1.48. The summed E-state index contributed by atoms with van der Waals surface area (Å²) in [6.07, 6.45) is -2.80. The van der Waals surface area contributed by atoms with Crippen LogP contribution in [0.5, 0.6) is 0 Å². The summed E-state index contributed by atoms with van der Waals surface area (Å²) in [5, 5.41) is -1.60. The van der Waals surface area contributed by atoms with Gasteiger partial charge in [-0.05, 0) is 17.7 Å². The van der Waals surface area contributed by atoms with Crippen LogP contribution in [0, 0.1) is 11.6 Å². The fourth-order valence-corrected chi connectivity index (χ4v) is 0.965. The molecule has 13 heavy (non-hydrogen) atoms. The minimum absolute atomic E-state index is 0.129. The zero-order valence-electron chi connectivity index (χ0n) is 6.28. The zero-order valence-corrected chi connectivity index (χ0v) is 7.03. The highest BCUT2D eigenvalue weighted by atomic mass is 35.5. The largest absolute Gasteiger partial charge is 0.258 e. The molecule has 1 unspecified atom stereocenters. The molecule has 0 aliphatic rings. The van der Waals surface area contributed by atoms with Crippen LogP contribution in [0.2, 0.25) is 0 Å². The van der Waals surface area contributed by atoms with Gasteiger partial charge in [-0.2, -0.15) is 0 Å². The molecule has 0 bridgehead atoms. The van der Waals surface area contributed by atoms with Crippen molar-refractivity contribution in [3.63, 3.8) is 0 Å². The van der Waals surface area contributed by atoms with Crippen LogP contribution in [0.3, 0.4) is 0 Å². The topological polar surface area (TPSA) is 0 Å². The Hall–Kier alpha value is -0.770. The molecular weight excluding hydrogens is 208 g/mol. The van der Waals surface area contributed by atoms with Gasteiger partial charge in [0.25, 0.3) is 6.43 Å². The van der Waals surface area contributed by atoms with Crippen molar-refractivity contribution in [2.45, 2.75) is 11.8 Å². The van der Waals surface area contributed by atoms with Gasteiger partial charge in [-0.1, -0.05) is 6.07 Å². The maximum absolute atomic E-state index is 12.5. The van der Waals surface area contributed by atoms with Gasteiger partial charge in [0.2, 0.25) is 0 Å². The summed E-state index contributed by atoms with van der Waals surface area (Å²) >= 11 is 5.23. The molecule has 0 spiro atoms. The molecule has 0 heterocycles. The van der Waals surface area contributed by atoms with Gasteiger partial charge in [-0.25, -0.2) is 17.6 Å². The first-order valence-electron chi connectivity index (χ1n) is 3.39. The minimum atomic E-state index is -2.80. The molecule has 1 atom stereocenters. The number of benzene rings is 1. The van der Waals surface area contributed by atoms with E-state index in [-0.39, 0.29) is 5.56 Å². The van der Waals surface area contributed by atoms with Crippen LogP contribution < -0.4 is 0 Å². The Kier molecular flexibility index (Phi) is 3.14. The molecule has 5 heteroatoms. The SMILES string of the molecule is Fc1ccc(C(Cl)C(F)F)cc1F. The smallest absolute Gasteiger partial charge is 0.208 e. The van der Waals surface area contributed by atoms with Crippen molar-refractivity contribution in [2.24, 2.45) is 0 Å². The molecule has 72 valence electrons. The number of alkyl halides is 3. The summed E-state index contributed by atoms with van der Waals surface area (Å²) in [7, 11) is 0. The van der Waals surface area contributed by atoms with Gasteiger partial charge >= 0.3 is 0 Å². The fraction of sp³-hybridized carbons (Fsp3) is 0.250. The molecule has 0 aromatic heterocycles. The number of rotatable bonds is 2. The Balaban J connectivity index is 2.97. The van der Waals surface area contributed by atoms with Crippen LogP contribution in [0.25, 0.3) is 0 Å². The Morgan fingerprint density at radius 2 is 1.69 bits per heavy atom. The monoisotopic (exact) mass is 212 g/mol. The van der Waals surface area contributed by atoms with E-state index in [9.17, 15) is 17.6 Å². The number of hydrogen-bond acceptors (Lipinski definition) is 0. The van der Waals surface area contributed by atoms with E-state index in [4.69, 9.17) is 11.6 Å². The molecule has 1 aromatic rings. The van der Waals surface area contributed by atoms with Gasteiger partial charge in [0.15, 0.2) is 11.6 Å². The van der Waals surface area contributed by atoms with Crippen LogP contribution in [-0.4, -0.2) is 6.43 Å². The second-order valence-corrected chi connectivity index (χ2v) is 2.88. The summed E-state index contributed by atoms with van der Waals surface area (Å²) in [5.41, 5.74) is -0.129. The maximum Gasteiger partial charge on any atom is 0.258 e. The van der Waals surface area contributed by atoms with Crippen molar-refractivity contribution in [3.05, 3.63) is 35.4 Å². The third kappa shape index (κ3) is 2.34. The molecule has 0 aliphatic heterocycles. The summed E-state index contributed by atoms with van der Waals surface area (Å²) in [6, 6.07) is 2.46. The average molecular weight is 213 g/mol. The summed E-state index contributed by atoms with van der Waals surface area (Å²) < 4.78 is 48.9. The predicted molar refractivity (Wildman–Crippen MR) is 41.0 cm³/mol. The third-order valence-corrected chi connectivity index (χ3v) is 1.93. The van der Waals surface area contributed by atoms with Crippen molar-refractivity contribution in [2.75, 3.05) is 0 Å². The van der Waals surface area contributed by atoms with Crippen molar-refractivity contribution < 1.29 is 17.6 Å². The fourth-order valence-electron chi connectivity index (χ4n) is 0.829. The van der Waals surface area contributed by atoms with E-state index >= 15 is 0 Å². The van der Waals surface area contributed by atoms with E-state index in [1.165, 1.54) is 0 Å². The second-order valence-electron chi connectivity index (χ2n) is 2.41. The normalized spacial score (nSPS) is 13.4. The van der Waals surface area contributed by atoms with E-state index in [1.807, 2.05) is 0 Å². The van der Waals surface area contributed by atoms with E-state index in [1.54, 1.807) is 0 Å². The number of hydrogen-bond donors (Lipinski definition) is 0. The Bertz CT molecular complexity index is 300. The first-order valence-corrected chi connectivity index (χ1v) is 3.83. The molecule has 0 amide bonds. The number of halogens is 5. The maximum atomic E-state index is 12.5. The van der Waals surface area contributed by atoms with Gasteiger partial charge in [-0.15, -0.1) is 11.6 Å². The zero-order chi connectivity index (χ0) is 10.0. The average Bonchev–Trinajstić information content (AvgIpc) is 2.08. The molecule has 0 aliphatic carbocycles. The molecule has 1 rings (SSSR count).